The number of nitro benzene ring substituents is 1. The second-order valence-electron chi connectivity index (χ2n) is 3.61. The molecule has 0 fully saturated rings. The molecule has 0 bridgehead atoms. The first kappa shape index (κ1) is 14.2. The van der Waals surface area contributed by atoms with E-state index in [1.807, 2.05) is 6.07 Å². The lowest BCUT2D eigenvalue weighted by Gasteiger charge is -2.04. The summed E-state index contributed by atoms with van der Waals surface area (Å²) in [6, 6.07) is 5.56. The third-order valence-corrected chi connectivity index (χ3v) is 4.78. The number of thiophene rings is 1. The number of nitrogens with one attached hydrogen (secondary N) is 1. The molecule has 2 aromatic rings. The Morgan fingerprint density at radius 3 is 2.74 bits per heavy atom. The van der Waals surface area contributed by atoms with Gasteiger partial charge in [0, 0.05) is 33.7 Å². The lowest BCUT2D eigenvalue weighted by molar-refractivity contribution is -0.387. The molecule has 0 saturated heterocycles. The molecule has 100 valence electrons. The van der Waals surface area contributed by atoms with Crippen molar-refractivity contribution in [2.24, 2.45) is 0 Å². The molecule has 0 saturated carbocycles. The van der Waals surface area contributed by atoms with Crippen LogP contribution in [-0.2, 0) is 6.54 Å². The average molecular weight is 366 g/mol. The molecule has 19 heavy (non-hydrogen) atoms. The highest BCUT2D eigenvalue weighted by molar-refractivity contribution is 9.10. The van der Waals surface area contributed by atoms with Crippen molar-refractivity contribution in [2.75, 3.05) is 5.32 Å². The summed E-state index contributed by atoms with van der Waals surface area (Å²) in [5.41, 5.74) is -0.0591. The number of rotatable bonds is 4. The Morgan fingerprint density at radius 2 is 2.21 bits per heavy atom. The van der Waals surface area contributed by atoms with E-state index >= 15 is 0 Å². The van der Waals surface area contributed by atoms with Gasteiger partial charge in [-0.1, -0.05) is 11.6 Å². The van der Waals surface area contributed by atoms with Crippen LogP contribution in [0.4, 0.5) is 15.8 Å². The van der Waals surface area contributed by atoms with Gasteiger partial charge in [-0.05, 0) is 28.1 Å². The van der Waals surface area contributed by atoms with Gasteiger partial charge in [0.05, 0.1) is 4.92 Å². The molecule has 1 aromatic heterocycles. The zero-order valence-electron chi connectivity index (χ0n) is 9.32. The molecule has 1 aromatic carbocycles. The standard InChI is InChI=1S/C11H7BrClFN2O2S/c12-8-4-7(19-11(8)13)5-15-6-1-2-10(16(17)18)9(14)3-6/h1-4,15H,5H2. The van der Waals surface area contributed by atoms with Gasteiger partial charge in [0.2, 0.25) is 5.82 Å². The maximum atomic E-state index is 13.4. The SMILES string of the molecule is O=[N+]([O-])c1ccc(NCc2cc(Br)c(Cl)s2)cc1F. The smallest absolute Gasteiger partial charge is 0.304 e. The number of hydrogen-bond donors (Lipinski definition) is 1. The predicted octanol–water partition coefficient (Wildman–Crippen LogP) is 4.82. The molecule has 0 aliphatic carbocycles. The van der Waals surface area contributed by atoms with Crippen LogP contribution in [0.25, 0.3) is 0 Å². The third kappa shape index (κ3) is 3.43. The van der Waals surface area contributed by atoms with E-state index in [1.54, 1.807) is 0 Å². The molecule has 1 heterocycles. The molecular formula is C11H7BrClFN2O2S. The van der Waals surface area contributed by atoms with Crippen molar-refractivity contribution in [3.63, 3.8) is 0 Å². The topological polar surface area (TPSA) is 55.2 Å². The molecule has 0 aliphatic rings. The minimum Gasteiger partial charge on any atom is -0.380 e. The summed E-state index contributed by atoms with van der Waals surface area (Å²) in [5.74, 6) is -0.861. The summed E-state index contributed by atoms with van der Waals surface area (Å²) in [4.78, 5) is 10.7. The van der Waals surface area contributed by atoms with Gasteiger partial charge in [-0.3, -0.25) is 10.1 Å². The maximum Gasteiger partial charge on any atom is 0.304 e. The van der Waals surface area contributed by atoms with E-state index in [-0.39, 0.29) is 0 Å². The van der Waals surface area contributed by atoms with Crippen LogP contribution in [-0.4, -0.2) is 4.92 Å². The van der Waals surface area contributed by atoms with Crippen molar-refractivity contribution < 1.29 is 9.31 Å². The number of nitrogens with zero attached hydrogens (tertiary/aromatic N) is 1. The van der Waals surface area contributed by atoms with Crippen molar-refractivity contribution in [1.29, 1.82) is 0 Å². The Kier molecular flexibility index (Phi) is 4.38. The van der Waals surface area contributed by atoms with E-state index < -0.39 is 16.4 Å². The summed E-state index contributed by atoms with van der Waals surface area (Å²) in [6.07, 6.45) is 0. The lowest BCUT2D eigenvalue weighted by Crippen LogP contribution is -1.99. The van der Waals surface area contributed by atoms with E-state index in [0.717, 1.165) is 21.5 Å². The first-order valence-electron chi connectivity index (χ1n) is 5.09. The van der Waals surface area contributed by atoms with Crippen molar-refractivity contribution in [3.05, 3.63) is 53.9 Å². The quantitative estimate of drug-likeness (QED) is 0.624. The normalized spacial score (nSPS) is 10.5. The number of benzene rings is 1. The van der Waals surface area contributed by atoms with E-state index in [4.69, 9.17) is 11.6 Å². The molecular weight excluding hydrogens is 359 g/mol. The van der Waals surface area contributed by atoms with Gasteiger partial charge in [0.15, 0.2) is 0 Å². The zero-order chi connectivity index (χ0) is 14.0. The number of hydrogen-bond acceptors (Lipinski definition) is 4. The molecule has 0 aliphatic heterocycles. The van der Waals surface area contributed by atoms with E-state index in [0.29, 0.717) is 16.6 Å². The number of anilines is 1. The largest absolute Gasteiger partial charge is 0.380 e. The molecule has 0 unspecified atom stereocenters. The van der Waals surface area contributed by atoms with Crippen molar-refractivity contribution >= 4 is 50.2 Å². The fourth-order valence-electron chi connectivity index (χ4n) is 1.43. The molecule has 4 nitrogen and oxygen atoms in total. The molecule has 1 N–H and O–H groups in total. The van der Waals surface area contributed by atoms with Gasteiger partial charge < -0.3 is 5.32 Å². The molecule has 0 atom stereocenters. The summed E-state index contributed by atoms with van der Waals surface area (Å²) < 4.78 is 14.8. The molecule has 8 heteroatoms. The number of nitro groups is 1. The summed E-state index contributed by atoms with van der Waals surface area (Å²) in [7, 11) is 0. The minimum absolute atomic E-state index is 0.466. The second-order valence-corrected chi connectivity index (χ2v) is 6.20. The number of halogens is 3. The van der Waals surface area contributed by atoms with Gasteiger partial charge in [0.25, 0.3) is 0 Å². The maximum absolute atomic E-state index is 13.4. The van der Waals surface area contributed by atoms with Crippen molar-refractivity contribution in [2.45, 2.75) is 6.54 Å². The fourth-order valence-corrected chi connectivity index (χ4v) is 3.16. The van der Waals surface area contributed by atoms with Crippen LogP contribution in [0.1, 0.15) is 4.88 Å². The first-order valence-corrected chi connectivity index (χ1v) is 7.07. The average Bonchev–Trinajstić information content (AvgIpc) is 2.66. The molecule has 0 radical (unpaired) electrons. The van der Waals surface area contributed by atoms with Crippen LogP contribution >= 0.6 is 38.9 Å². The van der Waals surface area contributed by atoms with Gasteiger partial charge in [-0.2, -0.15) is 4.39 Å². The van der Waals surface area contributed by atoms with E-state index in [2.05, 4.69) is 21.2 Å². The van der Waals surface area contributed by atoms with Crippen LogP contribution in [0.15, 0.2) is 28.7 Å². The van der Waals surface area contributed by atoms with Crippen LogP contribution in [0.3, 0.4) is 0 Å². The minimum atomic E-state index is -0.861. The highest BCUT2D eigenvalue weighted by Gasteiger charge is 2.13. The van der Waals surface area contributed by atoms with Crippen molar-refractivity contribution in [3.8, 4) is 0 Å². The van der Waals surface area contributed by atoms with Crippen LogP contribution in [0, 0.1) is 15.9 Å². The van der Waals surface area contributed by atoms with Gasteiger partial charge in [0.1, 0.15) is 4.34 Å². The lowest BCUT2D eigenvalue weighted by atomic mass is 10.2. The van der Waals surface area contributed by atoms with Crippen LogP contribution < -0.4 is 5.32 Å². The summed E-state index contributed by atoms with van der Waals surface area (Å²) >= 11 is 10.6. The summed E-state index contributed by atoms with van der Waals surface area (Å²) in [5, 5.41) is 13.5. The Morgan fingerprint density at radius 1 is 1.47 bits per heavy atom. The monoisotopic (exact) mass is 364 g/mol. The van der Waals surface area contributed by atoms with Crippen LogP contribution in [0.2, 0.25) is 4.34 Å². The Bertz CT molecular complexity index is 616. The van der Waals surface area contributed by atoms with Crippen molar-refractivity contribution in [1.82, 2.24) is 0 Å². The van der Waals surface area contributed by atoms with Gasteiger partial charge in [-0.25, -0.2) is 0 Å². The highest BCUT2D eigenvalue weighted by Crippen LogP contribution is 2.32. The van der Waals surface area contributed by atoms with E-state index in [1.165, 1.54) is 17.4 Å². The molecule has 0 spiro atoms. The Labute approximate surface area is 125 Å². The highest BCUT2D eigenvalue weighted by atomic mass is 79.9. The van der Waals surface area contributed by atoms with E-state index in [9.17, 15) is 14.5 Å². The Hall–Kier alpha value is -1.18. The second kappa shape index (κ2) is 5.85. The first-order chi connectivity index (χ1) is 8.97. The summed E-state index contributed by atoms with van der Waals surface area (Å²) in [6.45, 7) is 0.466. The Balaban J connectivity index is 2.08. The molecule has 0 amide bonds. The zero-order valence-corrected chi connectivity index (χ0v) is 12.5. The van der Waals surface area contributed by atoms with Gasteiger partial charge >= 0.3 is 5.69 Å². The predicted molar refractivity (Wildman–Crippen MR) is 77.4 cm³/mol. The third-order valence-electron chi connectivity index (χ3n) is 2.31. The van der Waals surface area contributed by atoms with Crippen LogP contribution in [0.5, 0.6) is 0 Å². The molecule has 2 rings (SSSR count). The fraction of sp³-hybridized carbons (Fsp3) is 0.0909. The van der Waals surface area contributed by atoms with Gasteiger partial charge in [-0.15, -0.1) is 11.3 Å².